The summed E-state index contributed by atoms with van der Waals surface area (Å²) in [5.74, 6) is -1.02. The van der Waals surface area contributed by atoms with Crippen molar-refractivity contribution in [1.29, 1.82) is 0 Å². The van der Waals surface area contributed by atoms with E-state index in [-0.39, 0.29) is 31.0 Å². The lowest BCUT2D eigenvalue weighted by Gasteiger charge is -2.23. The van der Waals surface area contributed by atoms with Crippen LogP contribution in [0.15, 0.2) is 48.5 Å². The number of hydrogen-bond acceptors (Lipinski definition) is 4. The van der Waals surface area contributed by atoms with Gasteiger partial charge in [-0.15, -0.1) is 12.4 Å². The maximum atomic E-state index is 12.7. The van der Waals surface area contributed by atoms with Crippen molar-refractivity contribution >= 4 is 24.5 Å². The first-order valence-electron chi connectivity index (χ1n) is 9.48. The molecule has 2 aromatic rings. The molecule has 1 saturated heterocycles. The van der Waals surface area contributed by atoms with Crippen LogP contribution in [0.25, 0.3) is 11.1 Å². The number of hydrogen-bond donors (Lipinski definition) is 1. The Morgan fingerprint density at radius 2 is 1.62 bits per heavy atom. The summed E-state index contributed by atoms with van der Waals surface area (Å²) in [4.78, 5) is 27.6. The van der Waals surface area contributed by atoms with Crippen LogP contribution in [0.2, 0.25) is 0 Å². The standard InChI is InChI=1S/C22H24N2O4.ClH/c1-23(2)14-11-20(21(25)26)24(12-14)22(27)28-13-19-17-9-5-3-7-15(17)16-8-4-6-10-18(16)19;/h3-10,14,19-20H,11-13H2,1-2H3,(H,25,26);1H/t14-,20-;/m1./s1. The number of halogens is 1. The number of carbonyl (C=O) groups excluding carboxylic acids is 1. The number of nitrogens with zero attached hydrogens (tertiary/aromatic N) is 2. The largest absolute Gasteiger partial charge is 0.480 e. The molecule has 1 amide bonds. The van der Waals surface area contributed by atoms with E-state index in [1.807, 2.05) is 43.3 Å². The van der Waals surface area contributed by atoms with E-state index < -0.39 is 18.1 Å². The van der Waals surface area contributed by atoms with E-state index in [1.165, 1.54) is 4.90 Å². The van der Waals surface area contributed by atoms with E-state index in [2.05, 4.69) is 24.3 Å². The molecule has 6 nitrogen and oxygen atoms in total. The summed E-state index contributed by atoms with van der Waals surface area (Å²) >= 11 is 0. The van der Waals surface area contributed by atoms with Crippen LogP contribution in [0, 0.1) is 0 Å². The molecule has 29 heavy (non-hydrogen) atoms. The van der Waals surface area contributed by atoms with Gasteiger partial charge in [-0.2, -0.15) is 0 Å². The number of rotatable bonds is 4. The summed E-state index contributed by atoms with van der Waals surface area (Å²) in [5.41, 5.74) is 4.60. The summed E-state index contributed by atoms with van der Waals surface area (Å²) in [6.45, 7) is 0.559. The second-order valence-corrected chi connectivity index (χ2v) is 7.66. The van der Waals surface area contributed by atoms with Crippen molar-refractivity contribution in [2.45, 2.75) is 24.4 Å². The Kier molecular flexibility index (Phi) is 6.15. The first kappa shape index (κ1) is 21.1. The zero-order valence-electron chi connectivity index (χ0n) is 16.4. The minimum absolute atomic E-state index is 0. The molecule has 1 N–H and O–H groups in total. The fraction of sp³-hybridized carbons (Fsp3) is 0.364. The van der Waals surface area contributed by atoms with E-state index >= 15 is 0 Å². The molecule has 1 aliphatic carbocycles. The molecular weight excluding hydrogens is 392 g/mol. The van der Waals surface area contributed by atoms with Crippen LogP contribution in [-0.4, -0.2) is 66.3 Å². The number of benzene rings is 2. The van der Waals surface area contributed by atoms with Crippen LogP contribution >= 0.6 is 12.4 Å². The number of amides is 1. The number of carbonyl (C=O) groups is 2. The molecule has 0 unspecified atom stereocenters. The predicted molar refractivity (Wildman–Crippen MR) is 113 cm³/mol. The third-order valence-corrected chi connectivity index (χ3v) is 5.86. The minimum Gasteiger partial charge on any atom is -0.480 e. The Labute approximate surface area is 176 Å². The fourth-order valence-electron chi connectivity index (χ4n) is 4.30. The van der Waals surface area contributed by atoms with Gasteiger partial charge in [0.15, 0.2) is 0 Å². The van der Waals surface area contributed by atoms with Gasteiger partial charge in [-0.3, -0.25) is 4.90 Å². The molecule has 0 aromatic heterocycles. The van der Waals surface area contributed by atoms with E-state index in [0.29, 0.717) is 13.0 Å². The Morgan fingerprint density at radius 3 is 2.14 bits per heavy atom. The molecule has 1 fully saturated rings. The molecule has 0 radical (unpaired) electrons. The average Bonchev–Trinajstić information content (AvgIpc) is 3.27. The highest BCUT2D eigenvalue weighted by atomic mass is 35.5. The van der Waals surface area contributed by atoms with Gasteiger partial charge in [-0.25, -0.2) is 9.59 Å². The van der Waals surface area contributed by atoms with Gasteiger partial charge in [-0.05, 0) is 42.8 Å². The van der Waals surface area contributed by atoms with Crippen molar-refractivity contribution in [3.8, 4) is 11.1 Å². The summed E-state index contributed by atoms with van der Waals surface area (Å²) in [5, 5.41) is 9.50. The highest BCUT2D eigenvalue weighted by molar-refractivity contribution is 5.85. The van der Waals surface area contributed by atoms with Crippen molar-refractivity contribution in [3.63, 3.8) is 0 Å². The van der Waals surface area contributed by atoms with Crippen LogP contribution in [0.1, 0.15) is 23.5 Å². The summed E-state index contributed by atoms with van der Waals surface area (Å²) in [6.07, 6.45) is -0.148. The molecule has 0 saturated carbocycles. The number of fused-ring (bicyclic) bond motifs is 3. The van der Waals surface area contributed by atoms with Gasteiger partial charge < -0.3 is 14.7 Å². The molecule has 2 aromatic carbocycles. The fourth-order valence-corrected chi connectivity index (χ4v) is 4.30. The Balaban J connectivity index is 0.00000240. The lowest BCUT2D eigenvalue weighted by Crippen LogP contribution is -2.41. The third kappa shape index (κ3) is 3.82. The predicted octanol–water partition coefficient (Wildman–Crippen LogP) is 3.45. The van der Waals surface area contributed by atoms with E-state index in [1.54, 1.807) is 0 Å². The molecule has 0 bridgehead atoms. The summed E-state index contributed by atoms with van der Waals surface area (Å²) in [7, 11) is 3.79. The summed E-state index contributed by atoms with van der Waals surface area (Å²) in [6, 6.07) is 15.4. The topological polar surface area (TPSA) is 70.1 Å². The zero-order valence-corrected chi connectivity index (χ0v) is 17.3. The molecule has 2 aliphatic rings. The number of ether oxygens (including phenoxy) is 1. The molecule has 1 heterocycles. The molecule has 4 rings (SSSR count). The van der Waals surface area contributed by atoms with Gasteiger partial charge in [0.25, 0.3) is 0 Å². The highest BCUT2D eigenvalue weighted by Gasteiger charge is 2.41. The van der Waals surface area contributed by atoms with Crippen LogP contribution in [0.5, 0.6) is 0 Å². The van der Waals surface area contributed by atoms with Gasteiger partial charge in [0.2, 0.25) is 0 Å². The monoisotopic (exact) mass is 416 g/mol. The van der Waals surface area contributed by atoms with Crippen molar-refractivity contribution in [2.24, 2.45) is 0 Å². The smallest absolute Gasteiger partial charge is 0.410 e. The highest BCUT2D eigenvalue weighted by Crippen LogP contribution is 2.44. The Hall–Kier alpha value is -2.57. The second-order valence-electron chi connectivity index (χ2n) is 7.66. The minimum atomic E-state index is -0.988. The molecule has 154 valence electrons. The third-order valence-electron chi connectivity index (χ3n) is 5.86. The van der Waals surface area contributed by atoms with Gasteiger partial charge in [0.1, 0.15) is 12.6 Å². The van der Waals surface area contributed by atoms with Crippen LogP contribution in [0.4, 0.5) is 4.79 Å². The lowest BCUT2D eigenvalue weighted by atomic mass is 9.98. The SMILES string of the molecule is CN(C)[C@@H]1C[C@H](C(=O)O)N(C(=O)OCC2c3ccccc3-c3ccccc32)C1.Cl. The number of carboxylic acids is 1. The normalized spacial score (nSPS) is 20.2. The Bertz CT molecular complexity index is 872. The average molecular weight is 417 g/mol. The van der Waals surface area contributed by atoms with Crippen molar-refractivity contribution in [3.05, 3.63) is 59.7 Å². The number of likely N-dealkylation sites (tertiary alicyclic amines) is 1. The van der Waals surface area contributed by atoms with Crippen LogP contribution in [-0.2, 0) is 9.53 Å². The first-order chi connectivity index (χ1) is 13.5. The Morgan fingerprint density at radius 1 is 1.07 bits per heavy atom. The van der Waals surface area contributed by atoms with Gasteiger partial charge in [0, 0.05) is 18.5 Å². The van der Waals surface area contributed by atoms with Crippen LogP contribution < -0.4 is 0 Å². The van der Waals surface area contributed by atoms with Crippen molar-refractivity contribution in [2.75, 3.05) is 27.2 Å². The maximum Gasteiger partial charge on any atom is 0.410 e. The molecule has 7 heteroatoms. The van der Waals surface area contributed by atoms with Gasteiger partial charge in [0.05, 0.1) is 0 Å². The maximum absolute atomic E-state index is 12.7. The van der Waals surface area contributed by atoms with E-state index in [9.17, 15) is 14.7 Å². The van der Waals surface area contributed by atoms with E-state index in [0.717, 1.165) is 22.3 Å². The first-order valence-corrected chi connectivity index (χ1v) is 9.48. The zero-order chi connectivity index (χ0) is 19.8. The second kappa shape index (κ2) is 8.43. The number of carboxylic acid groups (broad SMARTS) is 1. The van der Waals surface area contributed by atoms with Crippen molar-refractivity contribution in [1.82, 2.24) is 9.80 Å². The van der Waals surface area contributed by atoms with Gasteiger partial charge >= 0.3 is 12.1 Å². The number of aliphatic carboxylic acids is 1. The van der Waals surface area contributed by atoms with Crippen LogP contribution in [0.3, 0.4) is 0 Å². The molecule has 1 aliphatic heterocycles. The summed E-state index contributed by atoms with van der Waals surface area (Å²) < 4.78 is 5.64. The lowest BCUT2D eigenvalue weighted by molar-refractivity contribution is -0.141. The van der Waals surface area contributed by atoms with Crippen molar-refractivity contribution < 1.29 is 19.4 Å². The van der Waals surface area contributed by atoms with E-state index in [4.69, 9.17) is 4.74 Å². The quantitative estimate of drug-likeness (QED) is 0.826. The van der Waals surface area contributed by atoms with Gasteiger partial charge in [-0.1, -0.05) is 48.5 Å². The number of likely N-dealkylation sites (N-methyl/N-ethyl adjacent to an activating group) is 1. The molecular formula is C22H25ClN2O4. The molecule has 2 atom stereocenters. The molecule has 0 spiro atoms.